The maximum atomic E-state index is 5.45. The van der Waals surface area contributed by atoms with Crippen molar-refractivity contribution in [2.24, 2.45) is 5.92 Å². The van der Waals surface area contributed by atoms with Gasteiger partial charge in [-0.1, -0.05) is 25.1 Å². The van der Waals surface area contributed by atoms with Gasteiger partial charge in [0.1, 0.15) is 0 Å². The SMILES string of the molecule is S=C1C=C(N2CCCC2)C2CCCCC2S1. The molecule has 3 heteroatoms. The van der Waals surface area contributed by atoms with Crippen LogP contribution in [0.5, 0.6) is 0 Å². The summed E-state index contributed by atoms with van der Waals surface area (Å²) in [5.74, 6) is 0.809. The molecule has 0 aromatic carbocycles. The summed E-state index contributed by atoms with van der Waals surface area (Å²) in [4.78, 5) is 2.61. The van der Waals surface area contributed by atoms with E-state index in [2.05, 4.69) is 11.0 Å². The summed E-state index contributed by atoms with van der Waals surface area (Å²) in [5.41, 5.74) is 1.59. The van der Waals surface area contributed by atoms with Crippen LogP contribution in [0.25, 0.3) is 0 Å². The summed E-state index contributed by atoms with van der Waals surface area (Å²) in [6.07, 6.45) is 10.6. The van der Waals surface area contributed by atoms with Crippen molar-refractivity contribution in [1.29, 1.82) is 0 Å². The van der Waals surface area contributed by atoms with Crippen molar-refractivity contribution in [2.45, 2.75) is 43.8 Å². The zero-order valence-corrected chi connectivity index (χ0v) is 11.3. The lowest BCUT2D eigenvalue weighted by atomic mass is 9.85. The van der Waals surface area contributed by atoms with Crippen molar-refractivity contribution in [3.8, 4) is 0 Å². The number of likely N-dealkylation sites (tertiary alicyclic amines) is 1. The van der Waals surface area contributed by atoms with E-state index in [0.29, 0.717) is 0 Å². The van der Waals surface area contributed by atoms with Gasteiger partial charge in [-0.2, -0.15) is 0 Å². The predicted molar refractivity (Wildman–Crippen MR) is 74.8 cm³/mol. The second-order valence-electron chi connectivity index (χ2n) is 5.13. The van der Waals surface area contributed by atoms with Crippen molar-refractivity contribution in [3.05, 3.63) is 11.8 Å². The highest BCUT2D eigenvalue weighted by atomic mass is 32.2. The van der Waals surface area contributed by atoms with Gasteiger partial charge in [0.15, 0.2) is 0 Å². The first-order valence-corrected chi connectivity index (χ1v) is 7.80. The van der Waals surface area contributed by atoms with E-state index in [1.165, 1.54) is 51.6 Å². The Morgan fingerprint density at radius 1 is 1.12 bits per heavy atom. The monoisotopic (exact) mass is 253 g/mol. The minimum atomic E-state index is 0.793. The van der Waals surface area contributed by atoms with Crippen LogP contribution in [0.4, 0.5) is 0 Å². The van der Waals surface area contributed by atoms with Crippen LogP contribution in [-0.2, 0) is 0 Å². The number of hydrogen-bond donors (Lipinski definition) is 0. The Bertz CT molecular complexity index is 318. The Hall–Kier alpha value is -0.0200. The van der Waals surface area contributed by atoms with E-state index in [1.807, 2.05) is 11.8 Å². The second kappa shape index (κ2) is 4.69. The molecule has 2 atom stereocenters. The number of allylic oxidation sites excluding steroid dienone is 1. The second-order valence-corrected chi connectivity index (χ2v) is 7.11. The first-order chi connectivity index (χ1) is 7.84. The van der Waals surface area contributed by atoms with Crippen LogP contribution in [0.15, 0.2) is 11.8 Å². The Morgan fingerprint density at radius 3 is 2.69 bits per heavy atom. The molecule has 0 radical (unpaired) electrons. The normalized spacial score (nSPS) is 34.9. The van der Waals surface area contributed by atoms with Gasteiger partial charge in [0.2, 0.25) is 0 Å². The largest absolute Gasteiger partial charge is 0.375 e. The predicted octanol–water partition coefficient (Wildman–Crippen LogP) is 3.60. The Balaban J connectivity index is 1.84. The zero-order valence-electron chi connectivity index (χ0n) is 9.65. The van der Waals surface area contributed by atoms with Crippen LogP contribution in [0, 0.1) is 5.92 Å². The van der Waals surface area contributed by atoms with E-state index in [4.69, 9.17) is 12.2 Å². The smallest absolute Gasteiger partial charge is 0.0726 e. The number of hydrogen-bond acceptors (Lipinski definition) is 3. The molecule has 0 aromatic rings. The van der Waals surface area contributed by atoms with Crippen LogP contribution in [-0.4, -0.2) is 27.4 Å². The van der Waals surface area contributed by atoms with Gasteiger partial charge >= 0.3 is 0 Å². The molecule has 2 aliphatic heterocycles. The Labute approximate surface area is 108 Å². The summed E-state index contributed by atoms with van der Waals surface area (Å²) >= 11 is 7.41. The molecular weight excluding hydrogens is 234 g/mol. The van der Waals surface area contributed by atoms with E-state index in [-0.39, 0.29) is 0 Å². The number of rotatable bonds is 1. The molecule has 2 unspecified atom stereocenters. The molecule has 0 bridgehead atoms. The van der Waals surface area contributed by atoms with Crippen molar-refractivity contribution in [3.63, 3.8) is 0 Å². The number of thioether (sulfide) groups is 1. The van der Waals surface area contributed by atoms with Crippen molar-refractivity contribution >= 4 is 28.2 Å². The van der Waals surface area contributed by atoms with Gasteiger partial charge in [-0.15, -0.1) is 11.8 Å². The molecule has 88 valence electrons. The standard InChI is InChI=1S/C13H19NS2/c15-13-9-11(14-7-3-4-8-14)10-5-1-2-6-12(10)16-13/h9-10,12H,1-8H2. The molecule has 1 nitrogen and oxygen atoms in total. The third-order valence-corrected chi connectivity index (χ3v) is 5.71. The number of thiocarbonyl (C=S) groups is 1. The van der Waals surface area contributed by atoms with E-state index in [0.717, 1.165) is 15.4 Å². The lowest BCUT2D eigenvalue weighted by Crippen LogP contribution is -2.35. The van der Waals surface area contributed by atoms with Gasteiger partial charge in [0, 0.05) is 30.0 Å². The van der Waals surface area contributed by atoms with E-state index >= 15 is 0 Å². The molecule has 16 heavy (non-hydrogen) atoms. The van der Waals surface area contributed by atoms with Crippen molar-refractivity contribution in [2.75, 3.05) is 13.1 Å². The molecule has 2 heterocycles. The Morgan fingerprint density at radius 2 is 1.88 bits per heavy atom. The lowest BCUT2D eigenvalue weighted by Gasteiger charge is -2.39. The highest BCUT2D eigenvalue weighted by Crippen LogP contribution is 2.43. The van der Waals surface area contributed by atoms with Gasteiger partial charge in [-0.05, 0) is 31.8 Å². The average molecular weight is 253 g/mol. The van der Waals surface area contributed by atoms with Gasteiger partial charge in [0.05, 0.1) is 4.20 Å². The zero-order chi connectivity index (χ0) is 11.0. The van der Waals surface area contributed by atoms with E-state index < -0.39 is 0 Å². The quantitative estimate of drug-likeness (QED) is 0.657. The van der Waals surface area contributed by atoms with E-state index in [9.17, 15) is 0 Å². The van der Waals surface area contributed by atoms with Crippen LogP contribution in [0.3, 0.4) is 0 Å². The summed E-state index contributed by atoms with van der Waals surface area (Å²) in [6, 6.07) is 0. The summed E-state index contributed by atoms with van der Waals surface area (Å²) in [7, 11) is 0. The fourth-order valence-electron chi connectivity index (χ4n) is 3.29. The molecule has 2 fully saturated rings. The Kier molecular flexibility index (Phi) is 3.25. The first-order valence-electron chi connectivity index (χ1n) is 6.52. The highest BCUT2D eigenvalue weighted by Gasteiger charge is 2.35. The summed E-state index contributed by atoms with van der Waals surface area (Å²) in [5, 5.41) is 0.793. The molecule has 0 amide bonds. The molecule has 0 aromatic heterocycles. The van der Waals surface area contributed by atoms with Crippen LogP contribution in [0.2, 0.25) is 0 Å². The summed E-state index contributed by atoms with van der Waals surface area (Å²) in [6.45, 7) is 2.53. The van der Waals surface area contributed by atoms with Crippen LogP contribution >= 0.6 is 24.0 Å². The van der Waals surface area contributed by atoms with Crippen molar-refractivity contribution in [1.82, 2.24) is 4.90 Å². The van der Waals surface area contributed by atoms with Gasteiger partial charge in [-0.25, -0.2) is 0 Å². The molecule has 1 saturated carbocycles. The summed E-state index contributed by atoms with van der Waals surface area (Å²) < 4.78 is 1.13. The maximum absolute atomic E-state index is 5.45. The minimum Gasteiger partial charge on any atom is -0.375 e. The number of fused-ring (bicyclic) bond motifs is 1. The van der Waals surface area contributed by atoms with Crippen LogP contribution in [0.1, 0.15) is 38.5 Å². The van der Waals surface area contributed by atoms with Gasteiger partial charge in [-0.3, -0.25) is 0 Å². The maximum Gasteiger partial charge on any atom is 0.0726 e. The lowest BCUT2D eigenvalue weighted by molar-refractivity contribution is 0.310. The molecular formula is C13H19NS2. The fraction of sp³-hybridized carbons (Fsp3) is 0.769. The molecule has 0 N–H and O–H groups in total. The highest BCUT2D eigenvalue weighted by molar-refractivity contribution is 8.24. The van der Waals surface area contributed by atoms with E-state index in [1.54, 1.807) is 5.70 Å². The molecule has 1 aliphatic carbocycles. The molecule has 3 aliphatic rings. The molecule has 1 saturated heterocycles. The fourth-order valence-corrected chi connectivity index (χ4v) is 4.99. The third kappa shape index (κ3) is 2.04. The van der Waals surface area contributed by atoms with Crippen molar-refractivity contribution < 1.29 is 0 Å². The average Bonchev–Trinajstić information content (AvgIpc) is 2.81. The van der Waals surface area contributed by atoms with Gasteiger partial charge in [0.25, 0.3) is 0 Å². The topological polar surface area (TPSA) is 3.24 Å². The third-order valence-electron chi connectivity index (χ3n) is 4.09. The first kappa shape index (κ1) is 11.1. The molecule has 0 spiro atoms. The minimum absolute atomic E-state index is 0.793. The number of nitrogens with zero attached hydrogens (tertiary/aromatic N) is 1. The van der Waals surface area contributed by atoms with Crippen LogP contribution < -0.4 is 0 Å². The molecule has 3 rings (SSSR count). The van der Waals surface area contributed by atoms with Gasteiger partial charge < -0.3 is 4.90 Å².